The fourth-order valence-electron chi connectivity index (χ4n) is 1.69. The van der Waals surface area contributed by atoms with Crippen molar-refractivity contribution in [3.8, 4) is 0 Å². The molecule has 2 nitrogen and oxygen atoms in total. The third-order valence-electron chi connectivity index (χ3n) is 2.72. The van der Waals surface area contributed by atoms with Gasteiger partial charge in [-0.2, -0.15) is 0 Å². The van der Waals surface area contributed by atoms with E-state index in [0.717, 1.165) is 29.5 Å². The molecule has 14 heavy (non-hydrogen) atoms. The average molecular weight is 211 g/mol. The maximum Gasteiger partial charge on any atom is 0.0591 e. The lowest BCUT2D eigenvalue weighted by molar-refractivity contribution is 0.570. The molecule has 1 heterocycles. The second-order valence-corrected chi connectivity index (χ2v) is 4.16. The zero-order valence-corrected chi connectivity index (χ0v) is 9.06. The van der Waals surface area contributed by atoms with Crippen LogP contribution in [0.15, 0.2) is 18.2 Å². The zero-order chi connectivity index (χ0) is 9.97. The lowest BCUT2D eigenvalue weighted by Crippen LogP contribution is -2.17. The third-order valence-corrected chi connectivity index (χ3v) is 2.96. The summed E-state index contributed by atoms with van der Waals surface area (Å²) in [6.07, 6.45) is 1.20. The summed E-state index contributed by atoms with van der Waals surface area (Å²) in [6.45, 7) is 4.28. The van der Waals surface area contributed by atoms with Crippen LogP contribution in [-0.2, 0) is 0 Å². The zero-order valence-electron chi connectivity index (χ0n) is 8.31. The van der Waals surface area contributed by atoms with Crippen molar-refractivity contribution in [3.05, 3.63) is 23.2 Å². The van der Waals surface area contributed by atoms with Gasteiger partial charge in [-0.1, -0.05) is 18.5 Å². The Morgan fingerprint density at radius 1 is 1.29 bits per heavy atom. The fourth-order valence-corrected chi connectivity index (χ4v) is 1.86. The highest BCUT2D eigenvalue weighted by Gasteiger charge is 2.13. The molecule has 3 heteroatoms. The summed E-state index contributed by atoms with van der Waals surface area (Å²) in [6, 6.07) is 5.92. The van der Waals surface area contributed by atoms with Gasteiger partial charge in [0.2, 0.25) is 0 Å². The highest BCUT2D eigenvalue weighted by Crippen LogP contribution is 2.28. The summed E-state index contributed by atoms with van der Waals surface area (Å²) in [4.78, 5) is 0. The monoisotopic (exact) mass is 210 g/mol. The number of halogens is 1. The molecule has 0 saturated heterocycles. The number of rotatable bonds is 1. The van der Waals surface area contributed by atoms with Crippen LogP contribution in [0.4, 0.5) is 11.4 Å². The summed E-state index contributed by atoms with van der Waals surface area (Å²) in [7, 11) is 0. The van der Waals surface area contributed by atoms with E-state index in [1.54, 1.807) is 0 Å². The summed E-state index contributed by atoms with van der Waals surface area (Å²) in [5, 5.41) is 7.64. The van der Waals surface area contributed by atoms with Gasteiger partial charge < -0.3 is 10.6 Å². The molecule has 0 fully saturated rings. The van der Waals surface area contributed by atoms with Crippen LogP contribution in [0.5, 0.6) is 0 Å². The fraction of sp³-hybridized carbons (Fsp3) is 0.455. The summed E-state index contributed by atoms with van der Waals surface area (Å²) >= 11 is 5.93. The van der Waals surface area contributed by atoms with E-state index in [9.17, 15) is 0 Å². The molecule has 1 aromatic carbocycles. The van der Waals surface area contributed by atoms with Crippen molar-refractivity contribution in [2.45, 2.75) is 13.3 Å². The van der Waals surface area contributed by atoms with Gasteiger partial charge in [0, 0.05) is 18.1 Å². The summed E-state index contributed by atoms with van der Waals surface area (Å²) in [5.41, 5.74) is 2.28. The van der Waals surface area contributed by atoms with Crippen molar-refractivity contribution in [1.29, 1.82) is 0 Å². The lowest BCUT2D eigenvalue weighted by Gasteiger charge is -2.10. The molecule has 1 aliphatic heterocycles. The van der Waals surface area contributed by atoms with E-state index in [1.165, 1.54) is 6.42 Å². The normalized spacial score (nSPS) is 20.3. The maximum atomic E-state index is 5.93. The van der Waals surface area contributed by atoms with Crippen LogP contribution in [0.2, 0.25) is 5.02 Å². The molecule has 0 bridgehead atoms. The average Bonchev–Trinajstić information content (AvgIpc) is 2.39. The first kappa shape index (κ1) is 9.66. The molecule has 0 saturated carbocycles. The largest absolute Gasteiger partial charge is 0.383 e. The Balaban J connectivity index is 2.21. The number of hydrogen-bond donors (Lipinski definition) is 2. The smallest absolute Gasteiger partial charge is 0.0591 e. The molecule has 1 aliphatic rings. The van der Waals surface area contributed by atoms with E-state index < -0.39 is 0 Å². The van der Waals surface area contributed by atoms with Crippen LogP contribution < -0.4 is 10.6 Å². The molecule has 1 unspecified atom stereocenters. The predicted octanol–water partition coefficient (Wildman–Crippen LogP) is 3.20. The second kappa shape index (κ2) is 4.09. The highest BCUT2D eigenvalue weighted by atomic mass is 35.5. The molecule has 0 spiro atoms. The molecule has 76 valence electrons. The first-order chi connectivity index (χ1) is 6.79. The molecule has 2 N–H and O–H groups in total. The predicted molar refractivity (Wildman–Crippen MR) is 62.2 cm³/mol. The van der Waals surface area contributed by atoms with E-state index >= 15 is 0 Å². The Kier molecular flexibility index (Phi) is 2.82. The minimum absolute atomic E-state index is 0.696. The molecule has 2 rings (SSSR count). The highest BCUT2D eigenvalue weighted by molar-refractivity contribution is 6.31. The molecular weight excluding hydrogens is 196 g/mol. The van der Waals surface area contributed by atoms with Gasteiger partial charge in [0.25, 0.3) is 0 Å². The first-order valence-electron chi connectivity index (χ1n) is 5.07. The third kappa shape index (κ3) is 1.95. The number of benzene rings is 1. The Bertz CT molecular complexity index is 325. The Labute approximate surface area is 89.7 Å². The van der Waals surface area contributed by atoms with Crippen molar-refractivity contribution in [1.82, 2.24) is 0 Å². The van der Waals surface area contributed by atoms with E-state index in [4.69, 9.17) is 11.6 Å². The molecule has 0 aliphatic carbocycles. The van der Waals surface area contributed by atoms with Gasteiger partial charge >= 0.3 is 0 Å². The van der Waals surface area contributed by atoms with Gasteiger partial charge in [-0.05, 0) is 30.5 Å². The Hall–Kier alpha value is -0.890. The van der Waals surface area contributed by atoms with E-state index in [-0.39, 0.29) is 0 Å². The van der Waals surface area contributed by atoms with E-state index in [2.05, 4.69) is 17.6 Å². The van der Waals surface area contributed by atoms with Gasteiger partial charge in [-0.3, -0.25) is 0 Å². The van der Waals surface area contributed by atoms with Crippen molar-refractivity contribution in [2.75, 3.05) is 23.7 Å². The molecular formula is C11H15ClN2. The van der Waals surface area contributed by atoms with Crippen molar-refractivity contribution >= 4 is 23.0 Å². The van der Waals surface area contributed by atoms with Crippen molar-refractivity contribution in [3.63, 3.8) is 0 Å². The van der Waals surface area contributed by atoms with Gasteiger partial charge in [0.15, 0.2) is 0 Å². The number of fused-ring (bicyclic) bond motifs is 1. The van der Waals surface area contributed by atoms with Crippen molar-refractivity contribution < 1.29 is 0 Å². The van der Waals surface area contributed by atoms with Crippen LogP contribution in [-0.4, -0.2) is 13.1 Å². The number of anilines is 2. The number of hydrogen-bond acceptors (Lipinski definition) is 2. The van der Waals surface area contributed by atoms with Gasteiger partial charge in [-0.25, -0.2) is 0 Å². The van der Waals surface area contributed by atoms with Gasteiger partial charge in [0.05, 0.1) is 11.4 Å². The quantitative estimate of drug-likeness (QED) is 0.744. The molecule has 1 aromatic rings. The molecule has 0 radical (unpaired) electrons. The number of nitrogens with one attached hydrogen (secondary N) is 2. The topological polar surface area (TPSA) is 24.1 Å². The maximum absolute atomic E-state index is 5.93. The standard InChI is InChI=1S/C11H15ClN2/c1-2-8-6-13-10-4-3-9(12)5-11(10)14-7-8/h3-5,8,13-14H,2,6-7H2,1H3. The molecule has 0 aromatic heterocycles. The van der Waals surface area contributed by atoms with Crippen LogP contribution in [0.1, 0.15) is 13.3 Å². The second-order valence-electron chi connectivity index (χ2n) is 3.73. The van der Waals surface area contributed by atoms with Crippen molar-refractivity contribution in [2.24, 2.45) is 5.92 Å². The lowest BCUT2D eigenvalue weighted by atomic mass is 10.1. The van der Waals surface area contributed by atoms with Crippen LogP contribution >= 0.6 is 11.6 Å². The SMILES string of the molecule is CCC1CNc2ccc(Cl)cc2NC1. The van der Waals surface area contributed by atoms with Gasteiger partial charge in [0.1, 0.15) is 0 Å². The van der Waals surface area contributed by atoms with Crippen LogP contribution in [0, 0.1) is 5.92 Å². The minimum atomic E-state index is 0.696. The minimum Gasteiger partial charge on any atom is -0.383 e. The Morgan fingerprint density at radius 3 is 2.71 bits per heavy atom. The summed E-state index contributed by atoms with van der Waals surface area (Å²) in [5.74, 6) is 0.696. The van der Waals surface area contributed by atoms with Crippen LogP contribution in [0.3, 0.4) is 0 Å². The Morgan fingerprint density at radius 2 is 2.00 bits per heavy atom. The molecule has 1 atom stereocenters. The van der Waals surface area contributed by atoms with E-state index in [1.807, 2.05) is 18.2 Å². The van der Waals surface area contributed by atoms with Crippen LogP contribution in [0.25, 0.3) is 0 Å². The first-order valence-corrected chi connectivity index (χ1v) is 5.44. The summed E-state index contributed by atoms with van der Waals surface area (Å²) < 4.78 is 0. The van der Waals surface area contributed by atoms with Gasteiger partial charge in [-0.15, -0.1) is 0 Å². The molecule has 0 amide bonds. The van der Waals surface area contributed by atoms with E-state index in [0.29, 0.717) is 5.92 Å².